The van der Waals surface area contributed by atoms with Gasteiger partial charge in [0.05, 0.1) is 0 Å². The number of aliphatic carboxylic acids is 1. The molecule has 0 bridgehead atoms. The maximum atomic E-state index is 11.3. The third-order valence-electron chi connectivity index (χ3n) is 3.39. The largest absolute Gasteiger partial charge is 0.479 e. The summed E-state index contributed by atoms with van der Waals surface area (Å²) in [6.07, 6.45) is 11.4. The fourth-order valence-electron chi connectivity index (χ4n) is 2.06. The van der Waals surface area contributed by atoms with Gasteiger partial charge >= 0.3 is 11.9 Å². The Morgan fingerprint density at radius 3 is 1.80 bits per heavy atom. The fraction of sp³-hybridized carbons (Fsp3) is 0.875. The van der Waals surface area contributed by atoms with E-state index < -0.39 is 18.0 Å². The topological polar surface area (TPSA) is 63.6 Å². The lowest BCUT2D eigenvalue weighted by Gasteiger charge is -2.08. The molecule has 0 spiro atoms. The Bertz CT molecular complexity index is 263. The second-order valence-corrected chi connectivity index (χ2v) is 5.40. The lowest BCUT2D eigenvalue weighted by atomic mass is 10.1. The Morgan fingerprint density at radius 1 is 0.900 bits per heavy atom. The summed E-state index contributed by atoms with van der Waals surface area (Å²) in [6, 6.07) is 0. The zero-order valence-electron chi connectivity index (χ0n) is 13.0. The molecule has 0 rings (SSSR count). The number of hydrogen-bond donors (Lipinski definition) is 1. The van der Waals surface area contributed by atoms with E-state index in [9.17, 15) is 9.59 Å². The normalized spacial score (nSPS) is 12.1. The number of unbranched alkanes of at least 4 members (excludes halogenated alkanes) is 9. The molecule has 4 heteroatoms. The summed E-state index contributed by atoms with van der Waals surface area (Å²) in [7, 11) is 0. The SMILES string of the molecule is CCCCCCCCCCCCC(=O)OC(C)C(=O)O. The van der Waals surface area contributed by atoms with Crippen molar-refractivity contribution in [1.29, 1.82) is 0 Å². The predicted octanol–water partition coefficient (Wildman–Crippen LogP) is 4.31. The van der Waals surface area contributed by atoms with Crippen molar-refractivity contribution in [2.24, 2.45) is 0 Å². The van der Waals surface area contributed by atoms with Crippen LogP contribution in [-0.2, 0) is 14.3 Å². The molecule has 0 aliphatic carbocycles. The summed E-state index contributed by atoms with van der Waals surface area (Å²) in [6.45, 7) is 3.60. The lowest BCUT2D eigenvalue weighted by Crippen LogP contribution is -2.23. The second kappa shape index (κ2) is 12.9. The second-order valence-electron chi connectivity index (χ2n) is 5.40. The molecule has 0 aromatic carbocycles. The quantitative estimate of drug-likeness (QED) is 0.404. The third kappa shape index (κ3) is 12.0. The number of carbonyl (C=O) groups excluding carboxylic acids is 1. The molecule has 0 aliphatic heterocycles. The van der Waals surface area contributed by atoms with Crippen LogP contribution in [0.15, 0.2) is 0 Å². The summed E-state index contributed by atoms with van der Waals surface area (Å²) < 4.78 is 4.76. The summed E-state index contributed by atoms with van der Waals surface area (Å²) in [5.74, 6) is -1.50. The highest BCUT2D eigenvalue weighted by Gasteiger charge is 2.15. The fourth-order valence-corrected chi connectivity index (χ4v) is 2.06. The van der Waals surface area contributed by atoms with E-state index in [1.807, 2.05) is 0 Å². The first-order valence-corrected chi connectivity index (χ1v) is 8.00. The Balaban J connectivity index is 3.27. The Hall–Kier alpha value is -1.06. The van der Waals surface area contributed by atoms with Crippen LogP contribution in [0.5, 0.6) is 0 Å². The molecule has 0 heterocycles. The summed E-state index contributed by atoms with van der Waals surface area (Å²) in [4.78, 5) is 21.8. The van der Waals surface area contributed by atoms with E-state index in [0.717, 1.165) is 19.3 Å². The summed E-state index contributed by atoms with van der Waals surface area (Å²) in [5.41, 5.74) is 0. The first-order valence-electron chi connectivity index (χ1n) is 8.00. The molecule has 0 saturated heterocycles. The van der Waals surface area contributed by atoms with Crippen LogP contribution in [0.25, 0.3) is 0 Å². The van der Waals surface area contributed by atoms with E-state index in [-0.39, 0.29) is 0 Å². The minimum Gasteiger partial charge on any atom is -0.479 e. The smallest absolute Gasteiger partial charge is 0.344 e. The number of hydrogen-bond acceptors (Lipinski definition) is 3. The molecule has 0 aliphatic rings. The number of carbonyl (C=O) groups is 2. The van der Waals surface area contributed by atoms with Crippen molar-refractivity contribution >= 4 is 11.9 Å². The maximum absolute atomic E-state index is 11.3. The Morgan fingerprint density at radius 2 is 1.35 bits per heavy atom. The van der Waals surface area contributed by atoms with Gasteiger partial charge in [-0.1, -0.05) is 64.7 Å². The molecule has 4 nitrogen and oxygen atoms in total. The van der Waals surface area contributed by atoms with E-state index in [0.29, 0.717) is 6.42 Å². The molecular weight excluding hydrogens is 256 g/mol. The van der Waals surface area contributed by atoms with Gasteiger partial charge < -0.3 is 9.84 Å². The number of ether oxygens (including phenoxy) is 1. The zero-order chi connectivity index (χ0) is 15.2. The molecular formula is C16H30O4. The number of esters is 1. The van der Waals surface area contributed by atoms with Gasteiger partial charge in [-0.2, -0.15) is 0 Å². The van der Waals surface area contributed by atoms with Gasteiger partial charge in [-0.05, 0) is 13.3 Å². The Labute approximate surface area is 122 Å². The minimum atomic E-state index is -1.10. The van der Waals surface area contributed by atoms with Crippen molar-refractivity contribution in [3.8, 4) is 0 Å². The van der Waals surface area contributed by atoms with Crippen LogP contribution in [0.4, 0.5) is 0 Å². The van der Waals surface area contributed by atoms with Crippen molar-refractivity contribution in [2.75, 3.05) is 0 Å². The number of carboxylic acid groups (broad SMARTS) is 1. The molecule has 0 amide bonds. The van der Waals surface area contributed by atoms with Crippen molar-refractivity contribution < 1.29 is 19.4 Å². The van der Waals surface area contributed by atoms with Crippen LogP contribution < -0.4 is 0 Å². The first-order chi connectivity index (χ1) is 9.57. The minimum absolute atomic E-state index is 0.327. The highest BCUT2D eigenvalue weighted by molar-refractivity contribution is 5.77. The van der Waals surface area contributed by atoms with Crippen molar-refractivity contribution in [1.82, 2.24) is 0 Å². The zero-order valence-corrected chi connectivity index (χ0v) is 13.0. The highest BCUT2D eigenvalue weighted by Crippen LogP contribution is 2.11. The van der Waals surface area contributed by atoms with Gasteiger partial charge in [-0.15, -0.1) is 0 Å². The standard InChI is InChI=1S/C16H30O4/c1-3-4-5-6-7-8-9-10-11-12-13-15(17)20-14(2)16(18)19/h14H,3-13H2,1-2H3,(H,18,19). The van der Waals surface area contributed by atoms with E-state index in [2.05, 4.69) is 6.92 Å². The monoisotopic (exact) mass is 286 g/mol. The predicted molar refractivity (Wildman–Crippen MR) is 79.7 cm³/mol. The molecule has 1 atom stereocenters. The maximum Gasteiger partial charge on any atom is 0.344 e. The average molecular weight is 286 g/mol. The van der Waals surface area contributed by atoms with Crippen molar-refractivity contribution in [3.05, 3.63) is 0 Å². The van der Waals surface area contributed by atoms with Gasteiger partial charge in [0, 0.05) is 6.42 Å². The molecule has 118 valence electrons. The molecule has 0 radical (unpaired) electrons. The molecule has 0 aromatic heterocycles. The van der Waals surface area contributed by atoms with Gasteiger partial charge in [-0.25, -0.2) is 4.79 Å². The highest BCUT2D eigenvalue weighted by atomic mass is 16.6. The van der Waals surface area contributed by atoms with E-state index in [4.69, 9.17) is 9.84 Å². The van der Waals surface area contributed by atoms with Crippen molar-refractivity contribution in [3.63, 3.8) is 0 Å². The van der Waals surface area contributed by atoms with E-state index in [1.165, 1.54) is 51.9 Å². The van der Waals surface area contributed by atoms with E-state index >= 15 is 0 Å². The molecule has 1 N–H and O–H groups in total. The molecule has 1 unspecified atom stereocenters. The van der Waals surface area contributed by atoms with Gasteiger partial charge in [-0.3, -0.25) is 4.79 Å². The van der Waals surface area contributed by atoms with Crippen LogP contribution in [0.2, 0.25) is 0 Å². The first kappa shape index (κ1) is 18.9. The van der Waals surface area contributed by atoms with Crippen LogP contribution in [0.3, 0.4) is 0 Å². The van der Waals surface area contributed by atoms with Crippen molar-refractivity contribution in [2.45, 2.75) is 90.6 Å². The molecule has 0 aromatic rings. The van der Waals surface area contributed by atoms with Gasteiger partial charge in [0.15, 0.2) is 6.10 Å². The summed E-state index contributed by atoms with van der Waals surface area (Å²) in [5, 5.41) is 8.60. The summed E-state index contributed by atoms with van der Waals surface area (Å²) >= 11 is 0. The third-order valence-corrected chi connectivity index (χ3v) is 3.39. The number of rotatable bonds is 13. The van der Waals surface area contributed by atoms with E-state index in [1.54, 1.807) is 0 Å². The van der Waals surface area contributed by atoms with Gasteiger partial charge in [0.25, 0.3) is 0 Å². The van der Waals surface area contributed by atoms with Crippen LogP contribution in [-0.4, -0.2) is 23.1 Å². The lowest BCUT2D eigenvalue weighted by molar-refractivity contribution is -0.162. The van der Waals surface area contributed by atoms with Gasteiger partial charge in [0.2, 0.25) is 0 Å². The van der Waals surface area contributed by atoms with Crippen LogP contribution in [0, 0.1) is 0 Å². The molecule has 20 heavy (non-hydrogen) atoms. The van der Waals surface area contributed by atoms with Crippen LogP contribution >= 0.6 is 0 Å². The molecule has 0 saturated carbocycles. The average Bonchev–Trinajstić information content (AvgIpc) is 2.40. The Kier molecular flexibility index (Phi) is 12.3. The van der Waals surface area contributed by atoms with Gasteiger partial charge in [0.1, 0.15) is 0 Å². The molecule has 0 fully saturated rings. The number of carboxylic acids is 1. The van der Waals surface area contributed by atoms with Crippen LogP contribution in [0.1, 0.15) is 84.5 Å².